The van der Waals surface area contributed by atoms with Crippen LogP contribution in [0, 0.1) is 17.8 Å². The Kier molecular flexibility index (Phi) is 7.00. The summed E-state index contributed by atoms with van der Waals surface area (Å²) in [6.07, 6.45) is 3.91. The Labute approximate surface area is 184 Å². The van der Waals surface area contributed by atoms with E-state index >= 15 is 0 Å². The molecule has 2 aliphatic heterocycles. The first-order valence-electron chi connectivity index (χ1n) is 11.7. The van der Waals surface area contributed by atoms with Crippen molar-refractivity contribution >= 4 is 17.6 Å². The lowest BCUT2D eigenvalue weighted by Gasteiger charge is -2.40. The van der Waals surface area contributed by atoms with Crippen molar-refractivity contribution in [2.24, 2.45) is 17.8 Å². The predicted octanol–water partition coefficient (Wildman–Crippen LogP) is -0.195. The second kappa shape index (κ2) is 9.90. The van der Waals surface area contributed by atoms with Gasteiger partial charge in [0.25, 0.3) is 0 Å². The SMILES string of the molecule is COc1ccccc1N1CC[NH+](CC[C@H]2CN(C(=O)C3CC3)CC[C@H]2CC(=O)[O-])CC1. The zero-order valence-corrected chi connectivity index (χ0v) is 18.6. The maximum atomic E-state index is 12.5. The van der Waals surface area contributed by atoms with Crippen LogP contribution in [-0.2, 0) is 9.59 Å². The quantitative estimate of drug-likeness (QED) is 0.620. The summed E-state index contributed by atoms with van der Waals surface area (Å²) in [5, 5.41) is 11.3. The fourth-order valence-corrected chi connectivity index (χ4v) is 5.27. The molecule has 0 spiro atoms. The number of amides is 1. The molecule has 31 heavy (non-hydrogen) atoms. The van der Waals surface area contributed by atoms with Gasteiger partial charge in [0.2, 0.25) is 5.91 Å². The number of methoxy groups -OCH3 is 1. The number of rotatable bonds is 8. The number of piperazine rings is 1. The van der Waals surface area contributed by atoms with Crippen molar-refractivity contribution in [1.82, 2.24) is 4.90 Å². The molecule has 1 amide bonds. The summed E-state index contributed by atoms with van der Waals surface area (Å²) in [5.41, 5.74) is 1.15. The number of ether oxygens (including phenoxy) is 1. The Morgan fingerprint density at radius 1 is 1.10 bits per heavy atom. The lowest BCUT2D eigenvalue weighted by molar-refractivity contribution is -0.901. The summed E-state index contributed by atoms with van der Waals surface area (Å²) in [6.45, 7) is 6.52. The first kappa shape index (κ1) is 21.9. The number of aliphatic carboxylic acids is 1. The van der Waals surface area contributed by atoms with E-state index in [1.807, 2.05) is 23.1 Å². The maximum Gasteiger partial charge on any atom is 0.225 e. The molecule has 1 N–H and O–H groups in total. The lowest BCUT2D eigenvalue weighted by Crippen LogP contribution is -3.15. The molecule has 4 rings (SSSR count). The van der Waals surface area contributed by atoms with E-state index in [0.717, 1.165) is 69.8 Å². The summed E-state index contributed by atoms with van der Waals surface area (Å²) in [4.78, 5) is 29.8. The van der Waals surface area contributed by atoms with Crippen LogP contribution in [-0.4, -0.2) is 69.7 Å². The van der Waals surface area contributed by atoms with Crippen molar-refractivity contribution in [3.8, 4) is 5.75 Å². The number of para-hydroxylation sites is 2. The van der Waals surface area contributed by atoms with Gasteiger partial charge < -0.3 is 29.3 Å². The number of benzene rings is 1. The molecule has 0 radical (unpaired) electrons. The third kappa shape index (κ3) is 5.50. The van der Waals surface area contributed by atoms with E-state index in [1.54, 1.807) is 12.0 Å². The molecule has 2 saturated heterocycles. The molecule has 2 atom stereocenters. The van der Waals surface area contributed by atoms with E-state index in [-0.39, 0.29) is 30.1 Å². The van der Waals surface area contributed by atoms with Gasteiger partial charge in [-0.2, -0.15) is 0 Å². The first-order chi connectivity index (χ1) is 15.0. The van der Waals surface area contributed by atoms with Gasteiger partial charge in [0.15, 0.2) is 0 Å². The van der Waals surface area contributed by atoms with Gasteiger partial charge in [-0.25, -0.2) is 0 Å². The van der Waals surface area contributed by atoms with Gasteiger partial charge in [-0.05, 0) is 49.7 Å². The van der Waals surface area contributed by atoms with Crippen molar-refractivity contribution in [3.63, 3.8) is 0 Å². The Bertz CT molecular complexity index is 774. The molecule has 1 saturated carbocycles. The fourth-order valence-electron chi connectivity index (χ4n) is 5.27. The Morgan fingerprint density at radius 2 is 1.84 bits per heavy atom. The molecular weight excluding hydrogens is 394 g/mol. The Morgan fingerprint density at radius 3 is 2.52 bits per heavy atom. The zero-order valence-electron chi connectivity index (χ0n) is 18.6. The van der Waals surface area contributed by atoms with Crippen LogP contribution < -0.4 is 19.6 Å². The second-order valence-electron chi connectivity index (χ2n) is 9.39. The van der Waals surface area contributed by atoms with E-state index in [0.29, 0.717) is 13.1 Å². The Hall–Kier alpha value is -2.28. The Balaban J connectivity index is 1.30. The average Bonchev–Trinajstić information content (AvgIpc) is 3.63. The third-order valence-electron chi connectivity index (χ3n) is 7.32. The van der Waals surface area contributed by atoms with Crippen molar-refractivity contribution in [1.29, 1.82) is 0 Å². The molecule has 170 valence electrons. The number of hydrogen-bond donors (Lipinski definition) is 1. The van der Waals surface area contributed by atoms with Crippen LogP contribution in [0.3, 0.4) is 0 Å². The molecular formula is C24H35N3O4. The minimum atomic E-state index is -0.963. The molecule has 2 heterocycles. The third-order valence-corrected chi connectivity index (χ3v) is 7.32. The van der Waals surface area contributed by atoms with Gasteiger partial charge in [0.05, 0.1) is 45.5 Å². The molecule has 3 aliphatic rings. The van der Waals surface area contributed by atoms with Crippen molar-refractivity contribution in [2.75, 3.05) is 57.8 Å². The molecule has 0 unspecified atom stereocenters. The number of hydrogen-bond acceptors (Lipinski definition) is 5. The van der Waals surface area contributed by atoms with Crippen LogP contribution in [0.1, 0.15) is 32.1 Å². The van der Waals surface area contributed by atoms with Crippen molar-refractivity contribution in [2.45, 2.75) is 32.1 Å². The summed E-state index contributed by atoms with van der Waals surface area (Å²) >= 11 is 0. The molecule has 1 aliphatic carbocycles. The number of piperidine rings is 1. The molecule has 1 aromatic rings. The van der Waals surface area contributed by atoms with Gasteiger partial charge in [0.1, 0.15) is 5.75 Å². The number of quaternary nitrogens is 1. The molecule has 0 bridgehead atoms. The summed E-state index contributed by atoms with van der Waals surface area (Å²) in [5.74, 6) is 0.853. The van der Waals surface area contributed by atoms with Crippen LogP contribution in [0.25, 0.3) is 0 Å². The number of carbonyl (C=O) groups is 2. The van der Waals surface area contributed by atoms with Gasteiger partial charge in [-0.15, -0.1) is 0 Å². The number of likely N-dealkylation sites (tertiary alicyclic amines) is 1. The normalized spacial score (nSPS) is 24.8. The highest BCUT2D eigenvalue weighted by Crippen LogP contribution is 2.35. The van der Waals surface area contributed by atoms with E-state index in [4.69, 9.17) is 4.74 Å². The largest absolute Gasteiger partial charge is 0.550 e. The van der Waals surface area contributed by atoms with E-state index in [2.05, 4.69) is 11.0 Å². The van der Waals surface area contributed by atoms with Gasteiger partial charge in [-0.1, -0.05) is 12.1 Å². The highest BCUT2D eigenvalue weighted by molar-refractivity contribution is 5.81. The zero-order chi connectivity index (χ0) is 21.8. The smallest absolute Gasteiger partial charge is 0.225 e. The minimum Gasteiger partial charge on any atom is -0.550 e. The van der Waals surface area contributed by atoms with E-state index in [1.165, 1.54) is 0 Å². The predicted molar refractivity (Wildman–Crippen MR) is 116 cm³/mol. The van der Waals surface area contributed by atoms with Gasteiger partial charge in [0, 0.05) is 31.4 Å². The number of carbonyl (C=O) groups excluding carboxylic acids is 2. The summed E-state index contributed by atoms with van der Waals surface area (Å²) < 4.78 is 5.51. The highest BCUT2D eigenvalue weighted by atomic mass is 16.5. The molecule has 3 fully saturated rings. The number of anilines is 1. The van der Waals surface area contributed by atoms with Crippen LogP contribution in [0.2, 0.25) is 0 Å². The number of nitrogens with one attached hydrogen (secondary N) is 1. The standard InChI is InChI=1S/C24H35N3O4/c1-31-22-5-3-2-4-21(22)26-14-12-25(13-15-26)10-8-20-17-27(24(30)18-6-7-18)11-9-19(20)16-23(28)29/h2-5,18-20H,6-17H2,1H3,(H,28,29)/t19-,20-/m0/s1. The molecule has 7 heteroatoms. The first-order valence-corrected chi connectivity index (χ1v) is 11.7. The van der Waals surface area contributed by atoms with Crippen LogP contribution in [0.5, 0.6) is 5.75 Å². The van der Waals surface area contributed by atoms with Gasteiger partial charge >= 0.3 is 0 Å². The maximum absolute atomic E-state index is 12.5. The monoisotopic (exact) mass is 429 g/mol. The fraction of sp³-hybridized carbons (Fsp3) is 0.667. The number of carboxylic acids is 1. The molecule has 1 aromatic carbocycles. The van der Waals surface area contributed by atoms with Crippen molar-refractivity contribution < 1.29 is 24.3 Å². The van der Waals surface area contributed by atoms with Crippen LogP contribution in [0.15, 0.2) is 24.3 Å². The second-order valence-corrected chi connectivity index (χ2v) is 9.39. The van der Waals surface area contributed by atoms with Gasteiger partial charge in [-0.3, -0.25) is 4.79 Å². The van der Waals surface area contributed by atoms with E-state index < -0.39 is 5.97 Å². The topological polar surface area (TPSA) is 77.3 Å². The highest BCUT2D eigenvalue weighted by Gasteiger charge is 2.38. The lowest BCUT2D eigenvalue weighted by atomic mass is 9.81. The van der Waals surface area contributed by atoms with Crippen LogP contribution in [0.4, 0.5) is 5.69 Å². The van der Waals surface area contributed by atoms with E-state index in [9.17, 15) is 14.7 Å². The average molecular weight is 430 g/mol. The van der Waals surface area contributed by atoms with Crippen molar-refractivity contribution in [3.05, 3.63) is 24.3 Å². The number of nitrogens with zero attached hydrogens (tertiary/aromatic N) is 2. The number of carboxylic acid groups (broad SMARTS) is 1. The summed E-state index contributed by atoms with van der Waals surface area (Å²) in [6, 6.07) is 8.16. The summed E-state index contributed by atoms with van der Waals surface area (Å²) in [7, 11) is 1.71. The minimum absolute atomic E-state index is 0.118. The van der Waals surface area contributed by atoms with Crippen LogP contribution >= 0.6 is 0 Å². The molecule has 7 nitrogen and oxygen atoms in total. The molecule has 0 aromatic heterocycles.